The summed E-state index contributed by atoms with van der Waals surface area (Å²) in [5, 5.41) is 10.9. The Hall–Kier alpha value is -1.89. The van der Waals surface area contributed by atoms with E-state index in [1.165, 1.54) is 6.08 Å². The van der Waals surface area contributed by atoms with E-state index in [-0.39, 0.29) is 5.91 Å². The van der Waals surface area contributed by atoms with E-state index >= 15 is 0 Å². The maximum atomic E-state index is 11.7. The lowest BCUT2D eigenvalue weighted by atomic mass is 10.3. The zero-order valence-corrected chi connectivity index (χ0v) is 12.3. The number of rotatable bonds is 4. The Labute approximate surface area is 119 Å². The molecule has 0 aliphatic carbocycles. The third kappa shape index (κ3) is 3.54. The van der Waals surface area contributed by atoms with Gasteiger partial charge in [0, 0.05) is 31.9 Å². The number of halogens is 1. The van der Waals surface area contributed by atoms with Gasteiger partial charge in [0.05, 0.1) is 29.1 Å². The Morgan fingerprint density at radius 1 is 1.42 bits per heavy atom. The van der Waals surface area contributed by atoms with E-state index in [9.17, 15) is 4.79 Å². The van der Waals surface area contributed by atoms with Gasteiger partial charge >= 0.3 is 0 Å². The Balaban J connectivity index is 1.90. The molecule has 6 nitrogen and oxygen atoms in total. The molecule has 0 saturated carbocycles. The lowest BCUT2D eigenvalue weighted by molar-refractivity contribution is -0.116. The lowest BCUT2D eigenvalue weighted by Crippen LogP contribution is -2.22. The average molecular weight is 324 g/mol. The van der Waals surface area contributed by atoms with E-state index < -0.39 is 0 Å². The van der Waals surface area contributed by atoms with E-state index in [0.29, 0.717) is 6.54 Å². The molecule has 0 saturated heterocycles. The largest absolute Gasteiger partial charge is 0.347 e. The summed E-state index contributed by atoms with van der Waals surface area (Å²) in [5.74, 6) is -0.156. The molecule has 0 bridgehead atoms. The summed E-state index contributed by atoms with van der Waals surface area (Å²) in [6.07, 6.45) is 8.44. The predicted octanol–water partition coefficient (Wildman–Crippen LogP) is 1.25. The fourth-order valence-electron chi connectivity index (χ4n) is 1.56. The first-order valence-electron chi connectivity index (χ1n) is 5.67. The van der Waals surface area contributed by atoms with E-state index in [0.717, 1.165) is 15.7 Å². The van der Waals surface area contributed by atoms with Crippen LogP contribution >= 0.6 is 15.9 Å². The summed E-state index contributed by atoms with van der Waals surface area (Å²) in [6.45, 7) is 0.424. The Bertz CT molecular complexity index is 594. The van der Waals surface area contributed by atoms with Crippen molar-refractivity contribution in [3.05, 3.63) is 40.4 Å². The number of carbonyl (C=O) groups excluding carboxylic acids is 1. The van der Waals surface area contributed by atoms with Gasteiger partial charge in [-0.05, 0) is 22.0 Å². The summed E-state index contributed by atoms with van der Waals surface area (Å²) in [6, 6.07) is 0. The minimum atomic E-state index is -0.156. The number of hydrogen-bond donors (Lipinski definition) is 1. The number of hydrogen-bond acceptors (Lipinski definition) is 3. The zero-order valence-electron chi connectivity index (χ0n) is 10.7. The molecule has 0 aliphatic rings. The lowest BCUT2D eigenvalue weighted by Gasteiger charge is -2.03. The zero-order chi connectivity index (χ0) is 13.8. The van der Waals surface area contributed by atoms with Crippen LogP contribution in [0.2, 0.25) is 0 Å². The van der Waals surface area contributed by atoms with Crippen LogP contribution in [-0.2, 0) is 25.4 Å². The van der Waals surface area contributed by atoms with Crippen molar-refractivity contribution in [2.75, 3.05) is 0 Å². The van der Waals surface area contributed by atoms with Crippen LogP contribution in [-0.4, -0.2) is 25.5 Å². The van der Waals surface area contributed by atoms with Crippen LogP contribution in [0.1, 0.15) is 11.3 Å². The molecule has 0 radical (unpaired) electrons. The molecule has 1 N–H and O–H groups in total. The smallest absolute Gasteiger partial charge is 0.244 e. The van der Waals surface area contributed by atoms with Crippen molar-refractivity contribution in [3.63, 3.8) is 0 Å². The fourth-order valence-corrected chi connectivity index (χ4v) is 2.05. The first kappa shape index (κ1) is 13.5. The van der Waals surface area contributed by atoms with Gasteiger partial charge in [-0.25, -0.2) is 0 Å². The van der Waals surface area contributed by atoms with Gasteiger partial charge in [-0.2, -0.15) is 10.2 Å². The maximum Gasteiger partial charge on any atom is 0.244 e. The second kappa shape index (κ2) is 5.83. The van der Waals surface area contributed by atoms with Crippen molar-refractivity contribution in [3.8, 4) is 0 Å². The summed E-state index contributed by atoms with van der Waals surface area (Å²) in [4.78, 5) is 11.7. The molecule has 100 valence electrons. The highest BCUT2D eigenvalue weighted by molar-refractivity contribution is 9.10. The number of aryl methyl sites for hydroxylation is 2. The average Bonchev–Trinajstić information content (AvgIpc) is 2.92. The fraction of sp³-hybridized carbons (Fsp3) is 0.250. The highest BCUT2D eigenvalue weighted by Gasteiger charge is 2.06. The molecule has 0 aliphatic heterocycles. The highest BCUT2D eigenvalue weighted by atomic mass is 79.9. The molecular formula is C12H14BrN5O. The van der Waals surface area contributed by atoms with Crippen LogP contribution in [0.3, 0.4) is 0 Å². The van der Waals surface area contributed by atoms with Gasteiger partial charge in [0.15, 0.2) is 0 Å². The summed E-state index contributed by atoms with van der Waals surface area (Å²) in [7, 11) is 3.66. The topological polar surface area (TPSA) is 64.7 Å². The molecular weight excluding hydrogens is 310 g/mol. The number of aromatic nitrogens is 4. The van der Waals surface area contributed by atoms with Crippen LogP contribution in [0.15, 0.2) is 29.1 Å². The summed E-state index contributed by atoms with van der Waals surface area (Å²) >= 11 is 3.38. The Kier molecular flexibility index (Phi) is 4.16. The van der Waals surface area contributed by atoms with Gasteiger partial charge in [0.2, 0.25) is 5.91 Å². The minimum Gasteiger partial charge on any atom is -0.347 e. The van der Waals surface area contributed by atoms with Crippen LogP contribution in [0, 0.1) is 0 Å². The third-order valence-corrected chi connectivity index (χ3v) is 3.26. The first-order valence-corrected chi connectivity index (χ1v) is 6.46. The van der Waals surface area contributed by atoms with Gasteiger partial charge < -0.3 is 5.32 Å². The van der Waals surface area contributed by atoms with Crippen molar-refractivity contribution in [1.29, 1.82) is 0 Å². The molecule has 7 heteroatoms. The van der Waals surface area contributed by atoms with Gasteiger partial charge in [0.1, 0.15) is 0 Å². The van der Waals surface area contributed by atoms with Crippen molar-refractivity contribution in [1.82, 2.24) is 24.9 Å². The SMILES string of the molecule is Cn1cc(/C=C/C(=O)NCc2c(Br)cnn2C)cn1. The molecule has 0 fully saturated rings. The molecule has 1 amide bonds. The number of amides is 1. The second-order valence-electron chi connectivity index (χ2n) is 4.06. The molecule has 2 aromatic heterocycles. The van der Waals surface area contributed by atoms with Crippen LogP contribution < -0.4 is 5.32 Å². The van der Waals surface area contributed by atoms with Crippen molar-refractivity contribution >= 4 is 27.9 Å². The van der Waals surface area contributed by atoms with Crippen LogP contribution in [0.5, 0.6) is 0 Å². The molecule has 19 heavy (non-hydrogen) atoms. The molecule has 2 aromatic rings. The molecule has 0 unspecified atom stereocenters. The molecule has 2 heterocycles. The normalized spacial score (nSPS) is 11.1. The van der Waals surface area contributed by atoms with Gasteiger partial charge in [-0.3, -0.25) is 14.2 Å². The highest BCUT2D eigenvalue weighted by Crippen LogP contribution is 2.14. The quantitative estimate of drug-likeness (QED) is 0.861. The molecule has 2 rings (SSSR count). The first-order chi connectivity index (χ1) is 9.06. The van der Waals surface area contributed by atoms with E-state index in [1.807, 2.05) is 20.3 Å². The van der Waals surface area contributed by atoms with Crippen molar-refractivity contribution in [2.24, 2.45) is 14.1 Å². The van der Waals surface area contributed by atoms with Crippen LogP contribution in [0.25, 0.3) is 6.08 Å². The number of carbonyl (C=O) groups is 1. The molecule has 0 aromatic carbocycles. The van der Waals surface area contributed by atoms with Crippen molar-refractivity contribution < 1.29 is 4.79 Å². The third-order valence-electron chi connectivity index (χ3n) is 2.59. The summed E-state index contributed by atoms with van der Waals surface area (Å²) < 4.78 is 4.28. The minimum absolute atomic E-state index is 0.156. The number of nitrogens with one attached hydrogen (secondary N) is 1. The molecule has 0 atom stereocenters. The van der Waals surface area contributed by atoms with Gasteiger partial charge in [0.25, 0.3) is 0 Å². The Morgan fingerprint density at radius 2 is 2.21 bits per heavy atom. The van der Waals surface area contributed by atoms with Gasteiger partial charge in [-0.1, -0.05) is 0 Å². The monoisotopic (exact) mass is 323 g/mol. The van der Waals surface area contributed by atoms with E-state index in [2.05, 4.69) is 31.4 Å². The standard InChI is InChI=1S/C12H14BrN5O/c1-17-8-9(5-15-17)3-4-12(19)14-7-11-10(13)6-16-18(11)2/h3-6,8H,7H2,1-2H3,(H,14,19)/b4-3+. The number of nitrogens with zero attached hydrogens (tertiary/aromatic N) is 4. The maximum absolute atomic E-state index is 11.7. The van der Waals surface area contributed by atoms with Crippen molar-refractivity contribution in [2.45, 2.75) is 6.54 Å². The second-order valence-corrected chi connectivity index (χ2v) is 4.92. The van der Waals surface area contributed by atoms with E-state index in [4.69, 9.17) is 0 Å². The Morgan fingerprint density at radius 3 is 2.79 bits per heavy atom. The van der Waals surface area contributed by atoms with Crippen LogP contribution in [0.4, 0.5) is 0 Å². The van der Waals surface area contributed by atoms with E-state index in [1.54, 1.807) is 27.8 Å². The molecule has 0 spiro atoms. The predicted molar refractivity (Wildman–Crippen MR) is 75.0 cm³/mol. The van der Waals surface area contributed by atoms with Gasteiger partial charge in [-0.15, -0.1) is 0 Å². The summed E-state index contributed by atoms with van der Waals surface area (Å²) in [5.41, 5.74) is 1.81.